The Morgan fingerprint density at radius 2 is 1.82 bits per heavy atom. The SMILES string of the molecule is CC(C)c1ccc(N2CCN(CC(=O)Nc3ccc4c(c3)OCO4)C2=O)cc1. The van der Waals surface area contributed by atoms with Crippen LogP contribution in [0.2, 0.25) is 0 Å². The summed E-state index contributed by atoms with van der Waals surface area (Å²) in [4.78, 5) is 28.3. The lowest BCUT2D eigenvalue weighted by atomic mass is 10.0. The zero-order valence-corrected chi connectivity index (χ0v) is 16.0. The smallest absolute Gasteiger partial charge is 0.325 e. The van der Waals surface area contributed by atoms with Gasteiger partial charge in [0, 0.05) is 30.5 Å². The van der Waals surface area contributed by atoms with Crippen molar-refractivity contribution < 1.29 is 19.1 Å². The highest BCUT2D eigenvalue weighted by Crippen LogP contribution is 2.34. The molecule has 0 aliphatic carbocycles. The summed E-state index contributed by atoms with van der Waals surface area (Å²) in [6, 6.07) is 13.1. The molecule has 0 radical (unpaired) electrons. The zero-order valence-electron chi connectivity index (χ0n) is 16.0. The van der Waals surface area contributed by atoms with Crippen molar-refractivity contribution in [2.45, 2.75) is 19.8 Å². The van der Waals surface area contributed by atoms with Crippen molar-refractivity contribution in [2.24, 2.45) is 0 Å². The zero-order chi connectivity index (χ0) is 19.7. The highest BCUT2D eigenvalue weighted by atomic mass is 16.7. The van der Waals surface area contributed by atoms with Crippen molar-refractivity contribution in [3.8, 4) is 11.5 Å². The number of ether oxygens (including phenoxy) is 2. The molecule has 2 heterocycles. The number of rotatable bonds is 5. The van der Waals surface area contributed by atoms with Crippen molar-refractivity contribution in [3.63, 3.8) is 0 Å². The molecular formula is C21H23N3O4. The molecule has 4 rings (SSSR count). The molecule has 2 aromatic carbocycles. The van der Waals surface area contributed by atoms with E-state index in [-0.39, 0.29) is 25.3 Å². The van der Waals surface area contributed by atoms with E-state index in [0.717, 1.165) is 5.69 Å². The van der Waals surface area contributed by atoms with Gasteiger partial charge in [-0.05, 0) is 35.7 Å². The van der Waals surface area contributed by atoms with Gasteiger partial charge < -0.3 is 19.7 Å². The molecule has 0 aromatic heterocycles. The second-order valence-corrected chi connectivity index (χ2v) is 7.22. The van der Waals surface area contributed by atoms with E-state index in [2.05, 4.69) is 19.2 Å². The summed E-state index contributed by atoms with van der Waals surface area (Å²) in [7, 11) is 0. The molecule has 3 amide bonds. The van der Waals surface area contributed by atoms with Gasteiger partial charge in [-0.25, -0.2) is 4.79 Å². The molecule has 1 N–H and O–H groups in total. The van der Waals surface area contributed by atoms with Gasteiger partial charge in [-0.3, -0.25) is 9.69 Å². The van der Waals surface area contributed by atoms with E-state index in [1.54, 1.807) is 28.0 Å². The maximum Gasteiger partial charge on any atom is 0.325 e. The monoisotopic (exact) mass is 381 g/mol. The van der Waals surface area contributed by atoms with Crippen molar-refractivity contribution in [1.29, 1.82) is 0 Å². The maximum atomic E-state index is 12.7. The van der Waals surface area contributed by atoms with E-state index in [9.17, 15) is 9.59 Å². The standard InChI is InChI=1S/C21H23N3O4/c1-14(2)15-3-6-17(7-4-15)24-10-9-23(21(24)26)12-20(25)22-16-5-8-18-19(11-16)28-13-27-18/h3-8,11,14H,9-10,12-13H2,1-2H3,(H,22,25). The number of amides is 3. The highest BCUT2D eigenvalue weighted by Gasteiger charge is 2.31. The Balaban J connectivity index is 1.36. The summed E-state index contributed by atoms with van der Waals surface area (Å²) in [5, 5.41) is 2.81. The third-order valence-electron chi connectivity index (χ3n) is 4.96. The topological polar surface area (TPSA) is 71.1 Å². The van der Waals surface area contributed by atoms with Gasteiger partial charge in [-0.15, -0.1) is 0 Å². The average Bonchev–Trinajstić information content (AvgIpc) is 3.28. The third-order valence-corrected chi connectivity index (χ3v) is 4.96. The molecule has 0 bridgehead atoms. The quantitative estimate of drug-likeness (QED) is 0.862. The molecule has 7 heteroatoms. The van der Waals surface area contributed by atoms with Crippen LogP contribution in [0.25, 0.3) is 0 Å². The minimum atomic E-state index is -0.246. The fourth-order valence-electron chi connectivity index (χ4n) is 3.36. The first-order chi connectivity index (χ1) is 13.5. The van der Waals surface area contributed by atoms with Gasteiger partial charge in [-0.2, -0.15) is 0 Å². The lowest BCUT2D eigenvalue weighted by molar-refractivity contribution is -0.116. The normalized spacial score (nSPS) is 15.5. The van der Waals surface area contributed by atoms with Gasteiger partial charge >= 0.3 is 6.03 Å². The molecule has 2 aliphatic heterocycles. The van der Waals surface area contributed by atoms with E-state index in [1.807, 2.05) is 24.3 Å². The van der Waals surface area contributed by atoms with E-state index in [0.29, 0.717) is 36.2 Å². The predicted molar refractivity (Wildman–Crippen MR) is 106 cm³/mol. The number of benzene rings is 2. The molecule has 2 aliphatic rings. The van der Waals surface area contributed by atoms with Crippen LogP contribution >= 0.6 is 0 Å². The Bertz CT molecular complexity index is 895. The van der Waals surface area contributed by atoms with Crippen LogP contribution in [0.1, 0.15) is 25.3 Å². The fraction of sp³-hybridized carbons (Fsp3) is 0.333. The molecule has 0 saturated carbocycles. The van der Waals surface area contributed by atoms with Crippen molar-refractivity contribution >= 4 is 23.3 Å². The number of anilines is 2. The molecule has 1 fully saturated rings. The Kier molecular flexibility index (Phi) is 4.81. The Hall–Kier alpha value is -3.22. The number of fused-ring (bicyclic) bond motifs is 1. The molecule has 1 saturated heterocycles. The molecular weight excluding hydrogens is 358 g/mol. The summed E-state index contributed by atoms with van der Waals surface area (Å²) in [5.74, 6) is 1.46. The van der Waals surface area contributed by atoms with Crippen LogP contribution in [0.5, 0.6) is 11.5 Å². The van der Waals surface area contributed by atoms with Crippen molar-refractivity contribution in [2.75, 3.05) is 36.6 Å². The van der Waals surface area contributed by atoms with Crippen LogP contribution < -0.4 is 19.7 Å². The number of urea groups is 1. The number of nitrogens with zero attached hydrogens (tertiary/aromatic N) is 2. The van der Waals surface area contributed by atoms with Crippen LogP contribution in [-0.4, -0.2) is 43.3 Å². The number of hydrogen-bond acceptors (Lipinski definition) is 4. The van der Waals surface area contributed by atoms with Gasteiger partial charge in [-0.1, -0.05) is 26.0 Å². The molecule has 0 spiro atoms. The largest absolute Gasteiger partial charge is 0.454 e. The van der Waals surface area contributed by atoms with Gasteiger partial charge in [0.25, 0.3) is 0 Å². The van der Waals surface area contributed by atoms with Gasteiger partial charge in [0.15, 0.2) is 11.5 Å². The first-order valence-electron chi connectivity index (χ1n) is 9.37. The third kappa shape index (κ3) is 3.60. The minimum Gasteiger partial charge on any atom is -0.454 e. The maximum absolute atomic E-state index is 12.7. The van der Waals surface area contributed by atoms with E-state index in [1.165, 1.54) is 5.56 Å². The molecule has 28 heavy (non-hydrogen) atoms. The summed E-state index contributed by atoms with van der Waals surface area (Å²) in [6.07, 6.45) is 0. The molecule has 0 unspecified atom stereocenters. The number of carbonyl (C=O) groups is 2. The predicted octanol–water partition coefficient (Wildman–Crippen LogP) is 3.42. The van der Waals surface area contributed by atoms with Crippen LogP contribution in [0, 0.1) is 0 Å². The number of hydrogen-bond donors (Lipinski definition) is 1. The molecule has 146 valence electrons. The summed E-state index contributed by atoms with van der Waals surface area (Å²) < 4.78 is 10.6. The minimum absolute atomic E-state index is 0.00779. The van der Waals surface area contributed by atoms with Crippen molar-refractivity contribution in [1.82, 2.24) is 4.90 Å². The van der Waals surface area contributed by atoms with Gasteiger partial charge in [0.05, 0.1) is 0 Å². The average molecular weight is 381 g/mol. The van der Waals surface area contributed by atoms with E-state index in [4.69, 9.17) is 9.47 Å². The summed E-state index contributed by atoms with van der Waals surface area (Å²) >= 11 is 0. The molecule has 7 nitrogen and oxygen atoms in total. The fourth-order valence-corrected chi connectivity index (χ4v) is 3.36. The van der Waals surface area contributed by atoms with Crippen LogP contribution in [0.3, 0.4) is 0 Å². The van der Waals surface area contributed by atoms with Crippen LogP contribution in [0.4, 0.5) is 16.2 Å². The number of nitrogens with one attached hydrogen (secondary N) is 1. The molecule has 2 aromatic rings. The second kappa shape index (κ2) is 7.42. The Morgan fingerprint density at radius 3 is 2.57 bits per heavy atom. The van der Waals surface area contributed by atoms with Gasteiger partial charge in [0.2, 0.25) is 12.7 Å². The van der Waals surface area contributed by atoms with Gasteiger partial charge in [0.1, 0.15) is 6.54 Å². The first kappa shape index (κ1) is 18.2. The second-order valence-electron chi connectivity index (χ2n) is 7.22. The lowest BCUT2D eigenvalue weighted by Gasteiger charge is -2.19. The van der Waals surface area contributed by atoms with Crippen molar-refractivity contribution in [3.05, 3.63) is 48.0 Å². The van der Waals surface area contributed by atoms with Crippen LogP contribution in [0.15, 0.2) is 42.5 Å². The first-order valence-corrected chi connectivity index (χ1v) is 9.37. The molecule has 0 atom stereocenters. The number of carbonyl (C=O) groups excluding carboxylic acids is 2. The van der Waals surface area contributed by atoms with E-state index >= 15 is 0 Å². The summed E-state index contributed by atoms with van der Waals surface area (Å²) in [5.41, 5.74) is 2.70. The lowest BCUT2D eigenvalue weighted by Crippen LogP contribution is -2.37. The Morgan fingerprint density at radius 1 is 1.07 bits per heavy atom. The Labute approximate surface area is 163 Å². The summed E-state index contributed by atoms with van der Waals surface area (Å²) in [6.45, 7) is 5.54. The van der Waals surface area contributed by atoms with E-state index < -0.39 is 0 Å². The highest BCUT2D eigenvalue weighted by molar-refractivity contribution is 5.99. The van der Waals surface area contributed by atoms with Crippen LogP contribution in [-0.2, 0) is 4.79 Å².